The number of halogens is 2. The number of carbonyl (C=O) groups is 2. The minimum absolute atomic E-state index is 0. The van der Waals surface area contributed by atoms with Gasteiger partial charge in [-0.05, 0) is 24.6 Å². The smallest absolute Gasteiger partial charge is 0.308 e. The lowest BCUT2D eigenvalue weighted by atomic mass is 10.1. The number of likely N-dealkylation sites (tertiary alicyclic amines) is 1. The van der Waals surface area contributed by atoms with Crippen molar-refractivity contribution in [3.63, 3.8) is 0 Å². The number of amides is 1. The topological polar surface area (TPSA) is 66.8 Å². The molecule has 0 aromatic heterocycles. The molecule has 1 aromatic rings. The van der Waals surface area contributed by atoms with Crippen molar-refractivity contribution in [1.82, 2.24) is 4.90 Å². The minimum Gasteiger partial charge on any atom is -0.496 e. The van der Waals surface area contributed by atoms with Crippen LogP contribution in [0.25, 0.3) is 0 Å². The van der Waals surface area contributed by atoms with Gasteiger partial charge >= 0.3 is 5.97 Å². The molecule has 1 amide bonds. The first-order valence-corrected chi connectivity index (χ1v) is 6.68. The summed E-state index contributed by atoms with van der Waals surface area (Å²) in [6.07, 6.45) is 0.500. The molecule has 1 aliphatic rings. The first-order chi connectivity index (χ1) is 9.02. The average Bonchev–Trinajstić information content (AvgIpc) is 2.87. The van der Waals surface area contributed by atoms with E-state index in [1.165, 1.54) is 7.11 Å². The van der Waals surface area contributed by atoms with Crippen LogP contribution in [0.2, 0.25) is 0 Å². The van der Waals surface area contributed by atoms with Crippen LogP contribution < -0.4 is 4.74 Å². The summed E-state index contributed by atoms with van der Waals surface area (Å²) in [6, 6.07) is 5.16. The number of benzene rings is 1. The number of hydrogen-bond donors (Lipinski definition) is 1. The van der Waals surface area contributed by atoms with Crippen molar-refractivity contribution in [2.24, 2.45) is 5.92 Å². The Bertz CT molecular complexity index is 523. The predicted octanol–water partition coefficient (Wildman–Crippen LogP) is 2.43. The molecule has 0 radical (unpaired) electrons. The van der Waals surface area contributed by atoms with Crippen LogP contribution >= 0.6 is 28.3 Å². The molecule has 1 aliphatic heterocycles. The maximum Gasteiger partial charge on any atom is 0.308 e. The van der Waals surface area contributed by atoms with Gasteiger partial charge in [0.2, 0.25) is 0 Å². The molecule has 0 aliphatic carbocycles. The molecule has 0 spiro atoms. The highest BCUT2D eigenvalue weighted by Gasteiger charge is 2.32. The molecular weight excluding hydrogens is 350 g/mol. The number of aliphatic carboxylic acids is 1. The Kier molecular flexibility index (Phi) is 5.83. The molecule has 1 atom stereocenters. The summed E-state index contributed by atoms with van der Waals surface area (Å²) < 4.78 is 6.01. The molecule has 1 heterocycles. The van der Waals surface area contributed by atoms with Gasteiger partial charge in [0.1, 0.15) is 5.75 Å². The van der Waals surface area contributed by atoms with E-state index in [2.05, 4.69) is 15.9 Å². The second kappa shape index (κ2) is 6.95. The van der Waals surface area contributed by atoms with Gasteiger partial charge in [-0.25, -0.2) is 0 Å². The van der Waals surface area contributed by atoms with Crippen LogP contribution in [-0.4, -0.2) is 42.1 Å². The Hall–Kier alpha value is -1.27. The molecule has 110 valence electrons. The summed E-state index contributed by atoms with van der Waals surface area (Å²) in [5.74, 6) is -1.02. The van der Waals surface area contributed by atoms with Gasteiger partial charge in [0.05, 0.1) is 18.6 Å². The van der Waals surface area contributed by atoms with Crippen molar-refractivity contribution in [1.29, 1.82) is 0 Å². The number of ether oxygens (including phenoxy) is 1. The number of carbonyl (C=O) groups excluding carboxylic acids is 1. The average molecular weight is 365 g/mol. The molecule has 7 heteroatoms. The zero-order chi connectivity index (χ0) is 14.0. The minimum atomic E-state index is -0.849. The summed E-state index contributed by atoms with van der Waals surface area (Å²) in [5, 5.41) is 8.95. The van der Waals surface area contributed by atoms with Gasteiger partial charge in [0.15, 0.2) is 0 Å². The fourth-order valence-electron chi connectivity index (χ4n) is 2.16. The highest BCUT2D eigenvalue weighted by atomic mass is 79.9. The maximum atomic E-state index is 12.3. The number of hydrogen-bond acceptors (Lipinski definition) is 3. The molecule has 1 saturated heterocycles. The third-order valence-corrected chi connectivity index (χ3v) is 3.71. The molecule has 20 heavy (non-hydrogen) atoms. The van der Waals surface area contributed by atoms with Gasteiger partial charge in [-0.1, -0.05) is 15.9 Å². The van der Waals surface area contributed by atoms with E-state index >= 15 is 0 Å². The number of methoxy groups -OCH3 is 1. The van der Waals surface area contributed by atoms with E-state index in [1.54, 1.807) is 23.1 Å². The standard InChI is InChI=1S/C13H14BrNO4.ClH/c1-19-11-6-9(14)2-3-10(11)12(16)15-5-4-8(7-15)13(17)18;/h2-3,6,8H,4-5,7H2,1H3,(H,17,18);1H. The van der Waals surface area contributed by atoms with E-state index in [0.29, 0.717) is 24.3 Å². The summed E-state index contributed by atoms with van der Waals surface area (Å²) in [6.45, 7) is 0.725. The van der Waals surface area contributed by atoms with E-state index in [4.69, 9.17) is 9.84 Å². The third-order valence-electron chi connectivity index (χ3n) is 3.22. The second-order valence-corrected chi connectivity index (χ2v) is 5.34. The Morgan fingerprint density at radius 3 is 2.70 bits per heavy atom. The van der Waals surface area contributed by atoms with Crippen molar-refractivity contribution < 1.29 is 19.4 Å². The van der Waals surface area contributed by atoms with Crippen LogP contribution in [0, 0.1) is 5.92 Å². The molecule has 1 aromatic carbocycles. The van der Waals surface area contributed by atoms with Crippen molar-refractivity contribution in [3.8, 4) is 5.75 Å². The van der Waals surface area contributed by atoms with Crippen LogP contribution in [-0.2, 0) is 4.79 Å². The van der Waals surface area contributed by atoms with E-state index in [-0.39, 0.29) is 24.9 Å². The zero-order valence-electron chi connectivity index (χ0n) is 10.8. The molecule has 5 nitrogen and oxygen atoms in total. The number of carboxylic acid groups (broad SMARTS) is 1. The maximum absolute atomic E-state index is 12.3. The molecule has 1 unspecified atom stereocenters. The number of nitrogens with zero attached hydrogens (tertiary/aromatic N) is 1. The van der Waals surface area contributed by atoms with Gasteiger partial charge in [0.25, 0.3) is 5.91 Å². The monoisotopic (exact) mass is 363 g/mol. The van der Waals surface area contributed by atoms with Crippen molar-refractivity contribution in [2.75, 3.05) is 20.2 Å². The van der Waals surface area contributed by atoms with Gasteiger partial charge in [-0.15, -0.1) is 12.4 Å². The first-order valence-electron chi connectivity index (χ1n) is 5.88. The first kappa shape index (κ1) is 16.8. The lowest BCUT2D eigenvalue weighted by Crippen LogP contribution is -2.30. The van der Waals surface area contributed by atoms with Crippen molar-refractivity contribution in [2.45, 2.75) is 6.42 Å². The molecule has 2 rings (SSSR count). The fourth-order valence-corrected chi connectivity index (χ4v) is 2.50. The highest BCUT2D eigenvalue weighted by molar-refractivity contribution is 9.10. The Morgan fingerprint density at radius 1 is 1.45 bits per heavy atom. The van der Waals surface area contributed by atoms with Crippen molar-refractivity contribution >= 4 is 40.2 Å². The van der Waals surface area contributed by atoms with Crippen LogP contribution in [0.5, 0.6) is 5.75 Å². The Balaban J connectivity index is 0.00000200. The van der Waals surface area contributed by atoms with Crippen LogP contribution in [0.15, 0.2) is 22.7 Å². The van der Waals surface area contributed by atoms with Crippen LogP contribution in [0.4, 0.5) is 0 Å². The molecule has 0 bridgehead atoms. The lowest BCUT2D eigenvalue weighted by molar-refractivity contribution is -0.141. The fraction of sp³-hybridized carbons (Fsp3) is 0.385. The lowest BCUT2D eigenvalue weighted by Gasteiger charge is -2.17. The van der Waals surface area contributed by atoms with Gasteiger partial charge in [-0.2, -0.15) is 0 Å². The zero-order valence-corrected chi connectivity index (χ0v) is 13.2. The van der Waals surface area contributed by atoms with E-state index in [9.17, 15) is 9.59 Å². The van der Waals surface area contributed by atoms with Crippen molar-refractivity contribution in [3.05, 3.63) is 28.2 Å². The van der Waals surface area contributed by atoms with Gasteiger partial charge in [-0.3, -0.25) is 9.59 Å². The quantitative estimate of drug-likeness (QED) is 0.894. The van der Waals surface area contributed by atoms with Gasteiger partial charge < -0.3 is 14.7 Å². The number of carboxylic acids is 1. The van der Waals surface area contributed by atoms with E-state index in [1.807, 2.05) is 0 Å². The Morgan fingerprint density at radius 2 is 2.15 bits per heavy atom. The SMILES string of the molecule is COc1cc(Br)ccc1C(=O)N1CCC(C(=O)O)C1.Cl. The van der Waals surface area contributed by atoms with E-state index < -0.39 is 11.9 Å². The molecule has 1 N–H and O–H groups in total. The highest BCUT2D eigenvalue weighted by Crippen LogP contribution is 2.27. The molecular formula is C13H15BrClNO4. The normalized spacial score (nSPS) is 17.5. The second-order valence-electron chi connectivity index (χ2n) is 4.42. The predicted molar refractivity (Wildman–Crippen MR) is 79.6 cm³/mol. The summed E-state index contributed by atoms with van der Waals surface area (Å²) in [4.78, 5) is 24.8. The Labute approximate surface area is 131 Å². The molecule has 1 fully saturated rings. The molecule has 0 saturated carbocycles. The van der Waals surface area contributed by atoms with E-state index in [0.717, 1.165) is 4.47 Å². The third kappa shape index (κ3) is 3.43. The summed E-state index contributed by atoms with van der Waals surface area (Å²) >= 11 is 3.32. The van der Waals surface area contributed by atoms with Crippen LogP contribution in [0.3, 0.4) is 0 Å². The van der Waals surface area contributed by atoms with Crippen LogP contribution in [0.1, 0.15) is 16.8 Å². The van der Waals surface area contributed by atoms with Gasteiger partial charge in [0, 0.05) is 17.6 Å². The number of rotatable bonds is 3. The summed E-state index contributed by atoms with van der Waals surface area (Å²) in [7, 11) is 1.50. The largest absolute Gasteiger partial charge is 0.496 e. The summed E-state index contributed by atoms with van der Waals surface area (Å²) in [5.41, 5.74) is 0.455.